The van der Waals surface area contributed by atoms with Crippen molar-refractivity contribution in [3.63, 3.8) is 0 Å². The van der Waals surface area contributed by atoms with E-state index in [4.69, 9.17) is 4.74 Å². The molecule has 0 saturated carbocycles. The Kier molecular flexibility index (Phi) is 6.01. The zero-order valence-corrected chi connectivity index (χ0v) is 22.1. The third-order valence-electron chi connectivity index (χ3n) is 8.09. The van der Waals surface area contributed by atoms with Crippen LogP contribution in [0, 0.1) is 5.92 Å². The Morgan fingerprint density at radius 3 is 2.44 bits per heavy atom. The van der Waals surface area contributed by atoms with Gasteiger partial charge in [0.15, 0.2) is 0 Å². The summed E-state index contributed by atoms with van der Waals surface area (Å²) in [5.41, 5.74) is 6.16. The van der Waals surface area contributed by atoms with Gasteiger partial charge < -0.3 is 9.64 Å². The van der Waals surface area contributed by atoms with E-state index in [-0.39, 0.29) is 0 Å². The maximum absolute atomic E-state index is 5.39. The van der Waals surface area contributed by atoms with Gasteiger partial charge in [0.05, 0.1) is 7.11 Å². The Balaban J connectivity index is 1.20. The molecule has 2 unspecified atom stereocenters. The molecular formula is C37H31NO. The summed E-state index contributed by atoms with van der Waals surface area (Å²) in [6.07, 6.45) is 22.9. The predicted molar refractivity (Wildman–Crippen MR) is 165 cm³/mol. The summed E-state index contributed by atoms with van der Waals surface area (Å²) in [5.74, 6) is 1.56. The van der Waals surface area contributed by atoms with E-state index < -0.39 is 0 Å². The van der Waals surface area contributed by atoms with E-state index in [1.165, 1.54) is 38.0 Å². The van der Waals surface area contributed by atoms with Gasteiger partial charge in [-0.25, -0.2) is 0 Å². The zero-order chi connectivity index (χ0) is 26.2. The summed E-state index contributed by atoms with van der Waals surface area (Å²) in [7, 11) is 1.71. The number of nitrogens with zero attached hydrogens (tertiary/aromatic N) is 1. The van der Waals surface area contributed by atoms with Gasteiger partial charge in [0.1, 0.15) is 5.75 Å². The molecule has 2 nitrogen and oxygen atoms in total. The highest BCUT2D eigenvalue weighted by molar-refractivity contribution is 5.90. The molecule has 190 valence electrons. The number of hydrogen-bond acceptors (Lipinski definition) is 2. The molecule has 0 spiro atoms. The minimum absolute atomic E-state index is 0.321. The van der Waals surface area contributed by atoms with Gasteiger partial charge in [0.2, 0.25) is 0 Å². The highest BCUT2D eigenvalue weighted by atomic mass is 16.5. The van der Waals surface area contributed by atoms with Crippen LogP contribution in [-0.2, 0) is 0 Å². The lowest BCUT2D eigenvalue weighted by molar-refractivity contribution is 0.415. The summed E-state index contributed by atoms with van der Waals surface area (Å²) < 4.78 is 5.39. The Morgan fingerprint density at radius 1 is 0.846 bits per heavy atom. The Labute approximate surface area is 229 Å². The summed E-state index contributed by atoms with van der Waals surface area (Å²) in [5, 5.41) is 5.44. The Bertz CT molecular complexity index is 1790. The normalized spacial score (nSPS) is 18.9. The van der Waals surface area contributed by atoms with E-state index in [0.29, 0.717) is 11.8 Å². The number of methoxy groups -OCH3 is 1. The molecule has 0 fully saturated rings. The fourth-order valence-electron chi connectivity index (χ4n) is 6.18. The fraction of sp³-hybridized carbons (Fsp3) is 0.135. The topological polar surface area (TPSA) is 12.5 Å². The first-order valence-electron chi connectivity index (χ1n) is 13.8. The quantitative estimate of drug-likeness (QED) is 0.265. The van der Waals surface area contributed by atoms with Crippen molar-refractivity contribution in [1.82, 2.24) is 0 Å². The summed E-state index contributed by atoms with van der Waals surface area (Å²) in [6, 6.07) is 28.4. The van der Waals surface area contributed by atoms with Crippen molar-refractivity contribution in [2.24, 2.45) is 5.92 Å². The first-order valence-corrected chi connectivity index (χ1v) is 13.8. The first-order chi connectivity index (χ1) is 19.3. The van der Waals surface area contributed by atoms with Gasteiger partial charge in [-0.3, -0.25) is 0 Å². The first kappa shape index (κ1) is 23.5. The zero-order valence-electron chi connectivity index (χ0n) is 22.1. The number of ether oxygens (including phenoxy) is 1. The van der Waals surface area contributed by atoms with Crippen molar-refractivity contribution < 1.29 is 4.74 Å². The molecule has 0 bridgehead atoms. The molecule has 4 aromatic rings. The molecule has 7 rings (SSSR count). The van der Waals surface area contributed by atoms with Crippen molar-refractivity contribution in [1.29, 1.82) is 0 Å². The maximum Gasteiger partial charge on any atom is 0.119 e. The van der Waals surface area contributed by atoms with Crippen LogP contribution in [0.25, 0.3) is 29.0 Å². The highest BCUT2D eigenvalue weighted by Crippen LogP contribution is 2.36. The van der Waals surface area contributed by atoms with E-state index in [1.54, 1.807) is 7.11 Å². The van der Waals surface area contributed by atoms with Crippen LogP contribution in [0.15, 0.2) is 121 Å². The van der Waals surface area contributed by atoms with Gasteiger partial charge in [-0.05, 0) is 87.7 Å². The van der Waals surface area contributed by atoms with E-state index in [0.717, 1.165) is 30.0 Å². The smallest absolute Gasteiger partial charge is 0.119 e. The molecule has 0 aromatic heterocycles. The molecule has 0 saturated heterocycles. The van der Waals surface area contributed by atoms with Crippen LogP contribution < -0.4 is 20.1 Å². The van der Waals surface area contributed by atoms with Crippen molar-refractivity contribution in [2.75, 3.05) is 12.0 Å². The number of hydrogen-bond donors (Lipinski definition) is 0. The predicted octanol–water partition coefficient (Wildman–Crippen LogP) is 7.78. The number of anilines is 2. The largest absolute Gasteiger partial charge is 0.497 e. The average molecular weight is 506 g/mol. The van der Waals surface area contributed by atoms with E-state index in [1.807, 2.05) is 12.1 Å². The maximum atomic E-state index is 5.39. The molecule has 2 heteroatoms. The van der Waals surface area contributed by atoms with Gasteiger partial charge >= 0.3 is 0 Å². The van der Waals surface area contributed by atoms with E-state index in [2.05, 4.69) is 126 Å². The second-order valence-corrected chi connectivity index (χ2v) is 10.4. The lowest BCUT2D eigenvalue weighted by Gasteiger charge is -2.28. The van der Waals surface area contributed by atoms with Crippen LogP contribution in [0.5, 0.6) is 5.75 Å². The van der Waals surface area contributed by atoms with Crippen LogP contribution in [0.3, 0.4) is 0 Å². The third kappa shape index (κ3) is 4.32. The minimum atomic E-state index is 0.321. The highest BCUT2D eigenvalue weighted by Gasteiger charge is 2.25. The lowest BCUT2D eigenvalue weighted by atomic mass is 9.76. The fourth-order valence-corrected chi connectivity index (χ4v) is 6.18. The number of allylic oxidation sites excluding steroid dienone is 6. The average Bonchev–Trinajstić information content (AvgIpc) is 3.00. The minimum Gasteiger partial charge on any atom is -0.497 e. The van der Waals surface area contributed by atoms with Gasteiger partial charge in [-0.1, -0.05) is 91.1 Å². The van der Waals surface area contributed by atoms with Crippen LogP contribution in [0.2, 0.25) is 0 Å². The molecule has 0 amide bonds. The van der Waals surface area contributed by atoms with Gasteiger partial charge in [0, 0.05) is 28.9 Å². The SMILES string of the molecule is COc1ccc(N(C2=CCCC=C2)c2ccc(C=CC3C=c4cccc5ccc6c(c45)C3C=CC=6)cc2)cc1. The summed E-state index contributed by atoms with van der Waals surface area (Å²) >= 11 is 0. The molecule has 0 aliphatic heterocycles. The van der Waals surface area contributed by atoms with Gasteiger partial charge in [-0.2, -0.15) is 0 Å². The van der Waals surface area contributed by atoms with Crippen molar-refractivity contribution in [3.8, 4) is 5.75 Å². The molecule has 4 aromatic carbocycles. The molecule has 2 atom stereocenters. The van der Waals surface area contributed by atoms with Crippen molar-refractivity contribution in [3.05, 3.63) is 143 Å². The van der Waals surface area contributed by atoms with E-state index in [9.17, 15) is 0 Å². The summed E-state index contributed by atoms with van der Waals surface area (Å²) in [4.78, 5) is 2.32. The Morgan fingerprint density at radius 2 is 1.67 bits per heavy atom. The van der Waals surface area contributed by atoms with Crippen LogP contribution in [-0.4, -0.2) is 7.11 Å². The molecule has 3 aliphatic carbocycles. The molecule has 3 aliphatic rings. The lowest BCUT2D eigenvalue weighted by Crippen LogP contribution is -2.27. The summed E-state index contributed by atoms with van der Waals surface area (Å²) in [6.45, 7) is 0. The second-order valence-electron chi connectivity index (χ2n) is 10.4. The van der Waals surface area contributed by atoms with Gasteiger partial charge in [-0.15, -0.1) is 0 Å². The third-order valence-corrected chi connectivity index (χ3v) is 8.09. The molecule has 0 radical (unpaired) electrons. The molecule has 0 N–H and O–H groups in total. The van der Waals surface area contributed by atoms with Crippen molar-refractivity contribution >= 4 is 40.4 Å². The molecular weight excluding hydrogens is 474 g/mol. The van der Waals surface area contributed by atoms with E-state index >= 15 is 0 Å². The number of benzene rings is 4. The number of rotatable bonds is 6. The second kappa shape index (κ2) is 9.96. The standard InChI is InChI=1S/C37H31NO/c1-39-34-23-21-33(22-24-34)38(31-10-3-2-4-11-31)32-19-14-26(15-20-32)13-16-29-25-30-9-5-7-27-17-18-28-8-6-12-35(29)37(28)36(27)30/h3,5-25,29,35H,2,4H2,1H3. The Hall–Kier alpha value is -4.56. The monoisotopic (exact) mass is 505 g/mol. The van der Waals surface area contributed by atoms with Crippen LogP contribution >= 0.6 is 0 Å². The van der Waals surface area contributed by atoms with Gasteiger partial charge in [0.25, 0.3) is 0 Å². The van der Waals surface area contributed by atoms with Crippen LogP contribution in [0.4, 0.5) is 11.4 Å². The molecule has 39 heavy (non-hydrogen) atoms. The van der Waals surface area contributed by atoms with Crippen molar-refractivity contribution in [2.45, 2.75) is 18.8 Å². The van der Waals surface area contributed by atoms with Crippen LogP contribution in [0.1, 0.15) is 29.9 Å². The molecule has 0 heterocycles.